The molecule has 11 heteroatoms. The SMILES string of the molecule is CCCCN(CCS(C)(=O)=O)C(=O)C(O)(S)C(O)C(O)C(O)CO. The van der Waals surface area contributed by atoms with Gasteiger partial charge in [-0.2, -0.15) is 0 Å². The molecule has 0 spiro atoms. The molecule has 5 N–H and O–H groups in total. The van der Waals surface area contributed by atoms with Crippen LogP contribution in [0, 0.1) is 0 Å². The number of sulfone groups is 1. The van der Waals surface area contributed by atoms with E-state index < -0.39 is 45.6 Å². The summed E-state index contributed by atoms with van der Waals surface area (Å²) in [5.41, 5.74) is 0. The Morgan fingerprint density at radius 3 is 2.21 bits per heavy atom. The average molecular weight is 389 g/mol. The first kappa shape index (κ1) is 23.6. The van der Waals surface area contributed by atoms with Crippen LogP contribution in [0.3, 0.4) is 0 Å². The molecule has 0 aliphatic heterocycles. The van der Waals surface area contributed by atoms with Crippen LogP contribution in [0.25, 0.3) is 0 Å². The third-order valence-corrected chi connectivity index (χ3v) is 4.81. The van der Waals surface area contributed by atoms with Crippen molar-refractivity contribution in [1.82, 2.24) is 4.90 Å². The van der Waals surface area contributed by atoms with Gasteiger partial charge >= 0.3 is 0 Å². The molecule has 0 radical (unpaired) electrons. The largest absolute Gasteiger partial charge is 0.394 e. The molecule has 0 bridgehead atoms. The van der Waals surface area contributed by atoms with Crippen LogP contribution in [0.5, 0.6) is 0 Å². The fourth-order valence-electron chi connectivity index (χ4n) is 1.86. The first-order valence-corrected chi connectivity index (χ1v) is 9.96. The van der Waals surface area contributed by atoms with Crippen molar-refractivity contribution in [3.8, 4) is 0 Å². The zero-order chi connectivity index (χ0) is 19.1. The highest BCUT2D eigenvalue weighted by Crippen LogP contribution is 2.23. The lowest BCUT2D eigenvalue weighted by Gasteiger charge is -2.35. The number of thiol groups is 1. The Hall–Kier alpha value is -0.430. The summed E-state index contributed by atoms with van der Waals surface area (Å²) in [6.07, 6.45) is -3.79. The molecule has 0 aliphatic rings. The summed E-state index contributed by atoms with van der Waals surface area (Å²) < 4.78 is 22.6. The standard InChI is InChI=1S/C13H27NO8S2/c1-3-4-5-14(6-7-24(2,21)22)12(19)13(20,23)11(18)10(17)9(16)8-15/h9-11,15-18,20,23H,3-8H2,1-2H3. The number of amides is 1. The molecule has 0 aromatic heterocycles. The van der Waals surface area contributed by atoms with Crippen molar-refractivity contribution in [3.05, 3.63) is 0 Å². The molecule has 0 saturated heterocycles. The van der Waals surface area contributed by atoms with Crippen LogP contribution in [-0.2, 0) is 14.6 Å². The molecule has 24 heavy (non-hydrogen) atoms. The Bertz CT molecular complexity index is 496. The Kier molecular flexibility index (Phi) is 9.72. The van der Waals surface area contributed by atoms with E-state index in [9.17, 15) is 33.6 Å². The second kappa shape index (κ2) is 9.90. The molecule has 4 unspecified atom stereocenters. The van der Waals surface area contributed by atoms with Gasteiger partial charge < -0.3 is 30.4 Å². The van der Waals surface area contributed by atoms with Gasteiger partial charge in [0.15, 0.2) is 0 Å². The van der Waals surface area contributed by atoms with Crippen molar-refractivity contribution in [2.75, 3.05) is 31.7 Å². The highest BCUT2D eigenvalue weighted by molar-refractivity contribution is 7.90. The minimum atomic E-state index is -3.36. The van der Waals surface area contributed by atoms with E-state index in [0.717, 1.165) is 11.2 Å². The number of nitrogens with zero attached hydrogens (tertiary/aromatic N) is 1. The predicted octanol–water partition coefficient (Wildman–Crippen LogP) is -2.65. The molecule has 0 aliphatic carbocycles. The lowest BCUT2D eigenvalue weighted by molar-refractivity contribution is -0.164. The summed E-state index contributed by atoms with van der Waals surface area (Å²) in [5, 5.41) is 47.8. The number of hydrogen-bond acceptors (Lipinski definition) is 9. The van der Waals surface area contributed by atoms with Gasteiger partial charge in [-0.25, -0.2) is 8.42 Å². The van der Waals surface area contributed by atoms with Gasteiger partial charge in [-0.05, 0) is 6.42 Å². The molecule has 0 rings (SSSR count). The van der Waals surface area contributed by atoms with E-state index in [2.05, 4.69) is 12.6 Å². The predicted molar refractivity (Wildman–Crippen MR) is 90.2 cm³/mol. The lowest BCUT2D eigenvalue weighted by atomic mass is 10.0. The van der Waals surface area contributed by atoms with Gasteiger partial charge in [0.1, 0.15) is 28.1 Å². The van der Waals surface area contributed by atoms with Gasteiger partial charge in [0, 0.05) is 19.3 Å². The normalized spacial score (nSPS) is 18.5. The summed E-state index contributed by atoms with van der Waals surface area (Å²) in [6, 6.07) is 0. The van der Waals surface area contributed by atoms with Crippen molar-refractivity contribution < 1.29 is 38.7 Å². The Labute approximate surface area is 147 Å². The molecule has 0 aromatic carbocycles. The quantitative estimate of drug-likeness (QED) is 0.165. The van der Waals surface area contributed by atoms with Gasteiger partial charge in [-0.15, -0.1) is 12.6 Å². The molecule has 0 aromatic rings. The smallest absolute Gasteiger partial charge is 0.267 e. The first-order chi connectivity index (χ1) is 10.9. The van der Waals surface area contributed by atoms with Gasteiger partial charge in [0.25, 0.3) is 5.91 Å². The molecule has 9 nitrogen and oxygen atoms in total. The molecule has 4 atom stereocenters. The van der Waals surface area contributed by atoms with Gasteiger partial charge in [-0.3, -0.25) is 4.79 Å². The summed E-state index contributed by atoms with van der Waals surface area (Å²) in [7, 11) is -3.36. The maximum Gasteiger partial charge on any atom is 0.267 e. The number of aliphatic hydroxyl groups is 5. The van der Waals surface area contributed by atoms with Crippen LogP contribution >= 0.6 is 12.6 Å². The maximum absolute atomic E-state index is 12.4. The lowest BCUT2D eigenvalue weighted by Crippen LogP contribution is -2.59. The molecule has 0 fully saturated rings. The van der Waals surface area contributed by atoms with Crippen molar-refractivity contribution in [2.45, 2.75) is 43.0 Å². The highest BCUT2D eigenvalue weighted by atomic mass is 32.2. The van der Waals surface area contributed by atoms with Crippen LogP contribution in [0.2, 0.25) is 0 Å². The highest BCUT2D eigenvalue weighted by Gasteiger charge is 2.47. The molecule has 0 saturated carbocycles. The number of unbranched alkanes of at least 4 members (excludes halogenated alkanes) is 1. The third kappa shape index (κ3) is 7.21. The van der Waals surface area contributed by atoms with E-state index in [-0.39, 0.29) is 18.8 Å². The fourth-order valence-corrected chi connectivity index (χ4v) is 2.70. The topological polar surface area (TPSA) is 156 Å². The Morgan fingerprint density at radius 1 is 1.25 bits per heavy atom. The van der Waals surface area contributed by atoms with Crippen LogP contribution in [0.15, 0.2) is 0 Å². The van der Waals surface area contributed by atoms with E-state index in [1.807, 2.05) is 6.92 Å². The van der Waals surface area contributed by atoms with Crippen LogP contribution < -0.4 is 0 Å². The summed E-state index contributed by atoms with van der Waals surface area (Å²) >= 11 is 3.69. The fraction of sp³-hybridized carbons (Fsp3) is 0.923. The maximum atomic E-state index is 12.4. The van der Waals surface area contributed by atoms with Crippen molar-refractivity contribution >= 4 is 28.4 Å². The number of hydrogen-bond donors (Lipinski definition) is 6. The molecular weight excluding hydrogens is 362 g/mol. The third-order valence-electron chi connectivity index (χ3n) is 3.43. The summed E-state index contributed by atoms with van der Waals surface area (Å²) in [6.45, 7) is 0.858. The van der Waals surface area contributed by atoms with Crippen molar-refractivity contribution in [3.63, 3.8) is 0 Å². The van der Waals surface area contributed by atoms with Crippen LogP contribution in [0.1, 0.15) is 19.8 Å². The van der Waals surface area contributed by atoms with Crippen molar-refractivity contribution in [2.24, 2.45) is 0 Å². The minimum absolute atomic E-state index is 0.124. The second-order valence-electron chi connectivity index (χ2n) is 5.69. The number of aliphatic hydroxyl groups excluding tert-OH is 4. The van der Waals surface area contributed by atoms with Crippen LogP contribution in [0.4, 0.5) is 0 Å². The van der Waals surface area contributed by atoms with Crippen LogP contribution in [-0.4, -0.2) is 99.7 Å². The first-order valence-electron chi connectivity index (χ1n) is 7.45. The average Bonchev–Trinajstić information content (AvgIpc) is 2.51. The zero-order valence-electron chi connectivity index (χ0n) is 13.7. The summed E-state index contributed by atoms with van der Waals surface area (Å²) in [5.74, 6) is -1.44. The van der Waals surface area contributed by atoms with Gasteiger partial charge in [0.05, 0.1) is 12.4 Å². The Morgan fingerprint density at radius 2 is 1.79 bits per heavy atom. The monoisotopic (exact) mass is 389 g/mol. The number of carbonyl (C=O) groups excluding carboxylic acids is 1. The second-order valence-corrected chi connectivity index (χ2v) is 8.63. The van der Waals surface area contributed by atoms with E-state index in [0.29, 0.717) is 12.8 Å². The number of carbonyl (C=O) groups is 1. The van der Waals surface area contributed by atoms with E-state index in [1.165, 1.54) is 0 Å². The summed E-state index contributed by atoms with van der Waals surface area (Å²) in [4.78, 5) is 10.7. The molecule has 144 valence electrons. The minimum Gasteiger partial charge on any atom is -0.394 e. The van der Waals surface area contributed by atoms with Gasteiger partial charge in [0.2, 0.25) is 4.93 Å². The molecule has 0 heterocycles. The van der Waals surface area contributed by atoms with E-state index in [4.69, 9.17) is 5.11 Å². The van der Waals surface area contributed by atoms with E-state index >= 15 is 0 Å². The molecular formula is C13H27NO8S2. The van der Waals surface area contributed by atoms with Gasteiger partial charge in [-0.1, -0.05) is 13.3 Å². The number of rotatable bonds is 11. The molecule has 1 amide bonds. The van der Waals surface area contributed by atoms with Crippen molar-refractivity contribution in [1.29, 1.82) is 0 Å². The van der Waals surface area contributed by atoms with E-state index in [1.54, 1.807) is 0 Å². The zero-order valence-corrected chi connectivity index (χ0v) is 15.4. The Balaban J connectivity index is 5.26.